The minimum atomic E-state index is -0.442. The zero-order chi connectivity index (χ0) is 20.0. The van der Waals surface area contributed by atoms with Gasteiger partial charge < -0.3 is 16.0 Å². The number of rotatable bonds is 7. The highest BCUT2D eigenvalue weighted by Crippen LogP contribution is 2.28. The Morgan fingerprint density at radius 3 is 2.17 bits per heavy atom. The van der Waals surface area contributed by atoms with Crippen molar-refractivity contribution in [1.29, 1.82) is 0 Å². The number of carbonyl (C=O) groups excluding carboxylic acids is 2. The van der Waals surface area contributed by atoms with E-state index in [1.165, 1.54) is 0 Å². The van der Waals surface area contributed by atoms with Crippen LogP contribution in [-0.2, 0) is 9.59 Å². The molecule has 1 aromatic carbocycles. The highest BCUT2D eigenvalue weighted by Gasteiger charge is 2.37. The number of carbonyl (C=O) groups is 2. The van der Waals surface area contributed by atoms with Gasteiger partial charge in [0.1, 0.15) is 0 Å². The largest absolute Gasteiger partial charge is 0.340 e. The van der Waals surface area contributed by atoms with E-state index < -0.39 is 5.41 Å². The standard InChI is InChI=1S/C21H34N4O2.2ClH/c1-5-21(6-2,15-22)20(27)25-12-10-24(11-13-25)14-19(26)23-18-9-7-8-16(3)17(18)4;;/h7-9H,5-6,10-15,22H2,1-4H3,(H,23,26);2*1H. The smallest absolute Gasteiger partial charge is 0.238 e. The number of nitrogens with zero attached hydrogens (tertiary/aromatic N) is 2. The molecule has 0 unspecified atom stereocenters. The average Bonchev–Trinajstić information content (AvgIpc) is 2.68. The number of aryl methyl sites for hydroxylation is 1. The maximum Gasteiger partial charge on any atom is 0.238 e. The van der Waals surface area contributed by atoms with Crippen LogP contribution in [-0.4, -0.2) is 60.9 Å². The van der Waals surface area contributed by atoms with Crippen LogP contribution in [0.25, 0.3) is 0 Å². The van der Waals surface area contributed by atoms with Crippen molar-refractivity contribution >= 4 is 42.3 Å². The predicted molar refractivity (Wildman–Crippen MR) is 124 cm³/mol. The number of nitrogens with two attached hydrogens (primary N) is 1. The number of hydrogen-bond acceptors (Lipinski definition) is 4. The molecule has 0 atom stereocenters. The van der Waals surface area contributed by atoms with Crippen molar-refractivity contribution in [2.75, 3.05) is 44.6 Å². The van der Waals surface area contributed by atoms with E-state index in [0.29, 0.717) is 39.3 Å². The van der Waals surface area contributed by atoms with Gasteiger partial charge in [-0.1, -0.05) is 26.0 Å². The fourth-order valence-electron chi connectivity index (χ4n) is 3.65. The van der Waals surface area contributed by atoms with Gasteiger partial charge in [-0.2, -0.15) is 0 Å². The third-order valence-electron chi connectivity index (χ3n) is 6.10. The number of benzene rings is 1. The van der Waals surface area contributed by atoms with E-state index in [1.807, 2.05) is 50.8 Å². The van der Waals surface area contributed by atoms with Gasteiger partial charge in [0.15, 0.2) is 0 Å². The zero-order valence-electron chi connectivity index (χ0n) is 18.0. The lowest BCUT2D eigenvalue weighted by molar-refractivity contribution is -0.144. The van der Waals surface area contributed by atoms with E-state index in [2.05, 4.69) is 10.2 Å². The molecule has 0 aliphatic carbocycles. The molecule has 0 bridgehead atoms. The number of hydrogen-bond donors (Lipinski definition) is 2. The van der Waals surface area contributed by atoms with Crippen molar-refractivity contribution in [2.24, 2.45) is 11.1 Å². The maximum atomic E-state index is 12.9. The fraction of sp³-hybridized carbons (Fsp3) is 0.619. The second-order valence-electron chi connectivity index (χ2n) is 7.56. The lowest BCUT2D eigenvalue weighted by Crippen LogP contribution is -2.55. The molecule has 1 aliphatic heterocycles. The first-order chi connectivity index (χ1) is 12.9. The SMILES string of the molecule is CCC(CC)(CN)C(=O)N1CCN(CC(=O)Nc2cccc(C)c2C)CC1.Cl.Cl. The third kappa shape index (κ3) is 6.57. The first-order valence-corrected chi connectivity index (χ1v) is 9.94. The van der Waals surface area contributed by atoms with Gasteiger partial charge in [-0.25, -0.2) is 0 Å². The quantitative estimate of drug-likeness (QED) is 0.674. The number of halogens is 2. The van der Waals surface area contributed by atoms with Crippen molar-refractivity contribution in [3.63, 3.8) is 0 Å². The summed E-state index contributed by atoms with van der Waals surface area (Å²) in [6.07, 6.45) is 1.52. The van der Waals surface area contributed by atoms with Crippen LogP contribution < -0.4 is 11.1 Å². The molecule has 1 fully saturated rings. The minimum Gasteiger partial charge on any atom is -0.340 e. The second-order valence-corrected chi connectivity index (χ2v) is 7.56. The molecule has 29 heavy (non-hydrogen) atoms. The van der Waals surface area contributed by atoms with Gasteiger partial charge in [0.25, 0.3) is 0 Å². The maximum absolute atomic E-state index is 12.9. The molecule has 6 nitrogen and oxygen atoms in total. The van der Waals surface area contributed by atoms with E-state index in [0.717, 1.165) is 29.7 Å². The van der Waals surface area contributed by atoms with Gasteiger partial charge in [-0.3, -0.25) is 14.5 Å². The molecule has 2 rings (SSSR count). The number of anilines is 1. The predicted octanol–water partition coefficient (Wildman–Crippen LogP) is 2.99. The van der Waals surface area contributed by atoms with Crippen molar-refractivity contribution < 1.29 is 9.59 Å². The highest BCUT2D eigenvalue weighted by molar-refractivity contribution is 5.93. The monoisotopic (exact) mass is 446 g/mol. The van der Waals surface area contributed by atoms with Crippen LogP contribution in [0.4, 0.5) is 5.69 Å². The molecule has 1 aromatic rings. The summed E-state index contributed by atoms with van der Waals surface area (Å²) in [5.41, 5.74) is 8.60. The lowest BCUT2D eigenvalue weighted by Gasteiger charge is -2.40. The molecular weight excluding hydrogens is 411 g/mol. The van der Waals surface area contributed by atoms with Crippen LogP contribution in [0.15, 0.2) is 18.2 Å². The van der Waals surface area contributed by atoms with Gasteiger partial charge in [0.05, 0.1) is 12.0 Å². The second kappa shape index (κ2) is 12.4. The molecule has 1 saturated heterocycles. The van der Waals surface area contributed by atoms with Gasteiger partial charge in [0.2, 0.25) is 11.8 Å². The summed E-state index contributed by atoms with van der Waals surface area (Å²) >= 11 is 0. The van der Waals surface area contributed by atoms with E-state index in [1.54, 1.807) is 0 Å². The Hall–Kier alpha value is -1.34. The van der Waals surface area contributed by atoms with Crippen molar-refractivity contribution in [3.05, 3.63) is 29.3 Å². The molecule has 3 N–H and O–H groups in total. The van der Waals surface area contributed by atoms with Gasteiger partial charge >= 0.3 is 0 Å². The van der Waals surface area contributed by atoms with Gasteiger partial charge in [-0.05, 0) is 43.9 Å². The van der Waals surface area contributed by atoms with Gasteiger partial charge in [0, 0.05) is 38.4 Å². The lowest BCUT2D eigenvalue weighted by atomic mass is 9.81. The molecule has 166 valence electrons. The Morgan fingerprint density at radius 2 is 1.66 bits per heavy atom. The van der Waals surface area contributed by atoms with Crippen molar-refractivity contribution in [3.8, 4) is 0 Å². The van der Waals surface area contributed by atoms with Crippen LogP contribution in [0.2, 0.25) is 0 Å². The highest BCUT2D eigenvalue weighted by atomic mass is 35.5. The molecular formula is C21H36Cl2N4O2. The van der Waals surface area contributed by atoms with Gasteiger partial charge in [-0.15, -0.1) is 24.8 Å². The Kier molecular flexibility index (Phi) is 11.8. The summed E-state index contributed by atoms with van der Waals surface area (Å²) in [6.45, 7) is 11.6. The molecule has 8 heteroatoms. The molecule has 0 spiro atoms. The van der Waals surface area contributed by atoms with E-state index >= 15 is 0 Å². The van der Waals surface area contributed by atoms with E-state index in [9.17, 15) is 9.59 Å². The summed E-state index contributed by atoms with van der Waals surface area (Å²) in [4.78, 5) is 29.3. The van der Waals surface area contributed by atoms with Crippen LogP contribution >= 0.6 is 24.8 Å². The average molecular weight is 447 g/mol. The molecule has 2 amide bonds. The molecule has 0 aromatic heterocycles. The Labute approximate surface area is 187 Å². The number of amides is 2. The Bertz CT molecular complexity index is 664. The van der Waals surface area contributed by atoms with E-state index in [4.69, 9.17) is 5.73 Å². The van der Waals surface area contributed by atoms with Crippen molar-refractivity contribution in [1.82, 2.24) is 9.80 Å². The molecule has 0 saturated carbocycles. The van der Waals surface area contributed by atoms with Crippen LogP contribution in [0.5, 0.6) is 0 Å². The molecule has 1 aliphatic rings. The molecule has 1 heterocycles. The number of piperazine rings is 1. The summed E-state index contributed by atoms with van der Waals surface area (Å²) in [5, 5.41) is 3.01. The molecule has 0 radical (unpaired) electrons. The first kappa shape index (κ1) is 27.7. The summed E-state index contributed by atoms with van der Waals surface area (Å²) in [5.74, 6) is 0.149. The number of nitrogens with one attached hydrogen (secondary N) is 1. The zero-order valence-corrected chi connectivity index (χ0v) is 19.6. The van der Waals surface area contributed by atoms with Crippen LogP contribution in [0, 0.1) is 19.3 Å². The Balaban J connectivity index is 0.00000392. The topological polar surface area (TPSA) is 78.7 Å². The van der Waals surface area contributed by atoms with E-state index in [-0.39, 0.29) is 36.6 Å². The third-order valence-corrected chi connectivity index (χ3v) is 6.10. The minimum absolute atomic E-state index is 0. The summed E-state index contributed by atoms with van der Waals surface area (Å²) < 4.78 is 0. The van der Waals surface area contributed by atoms with Crippen LogP contribution in [0.1, 0.15) is 37.8 Å². The Morgan fingerprint density at radius 1 is 1.07 bits per heavy atom. The summed E-state index contributed by atoms with van der Waals surface area (Å²) in [6, 6.07) is 5.92. The first-order valence-electron chi connectivity index (χ1n) is 9.94. The fourth-order valence-corrected chi connectivity index (χ4v) is 3.65. The van der Waals surface area contributed by atoms with Crippen LogP contribution in [0.3, 0.4) is 0 Å². The summed E-state index contributed by atoms with van der Waals surface area (Å²) in [7, 11) is 0. The van der Waals surface area contributed by atoms with Crippen molar-refractivity contribution in [2.45, 2.75) is 40.5 Å². The normalized spacial score (nSPS) is 14.6.